The predicted octanol–water partition coefficient (Wildman–Crippen LogP) is 6.09. The molecule has 0 amide bonds. The number of carboxylic acids is 1. The highest BCUT2D eigenvalue weighted by Crippen LogP contribution is 2.46. The molecule has 32 heavy (non-hydrogen) atoms. The summed E-state index contributed by atoms with van der Waals surface area (Å²) in [6.07, 6.45) is 4.23. The molecule has 164 valence electrons. The monoisotopic (exact) mass is 447 g/mol. The van der Waals surface area contributed by atoms with E-state index in [-0.39, 0.29) is 6.42 Å². The number of fused-ring (bicyclic) bond motifs is 1. The van der Waals surface area contributed by atoms with Gasteiger partial charge in [-0.05, 0) is 36.1 Å². The van der Waals surface area contributed by atoms with E-state index in [0.717, 1.165) is 62.7 Å². The fourth-order valence-electron chi connectivity index (χ4n) is 3.68. The number of aliphatic carboxylic acids is 1. The lowest BCUT2D eigenvalue weighted by molar-refractivity contribution is -0.137. The number of nitrogens with zero attached hydrogens (tertiary/aromatic N) is 2. The number of carboxylic acid groups (broad SMARTS) is 1. The molecule has 2 heterocycles. The summed E-state index contributed by atoms with van der Waals surface area (Å²) in [4.78, 5) is 21.9. The predicted molar refractivity (Wildman–Crippen MR) is 129 cm³/mol. The van der Waals surface area contributed by atoms with Gasteiger partial charge in [0.1, 0.15) is 22.7 Å². The Morgan fingerprint density at radius 3 is 2.50 bits per heavy atom. The van der Waals surface area contributed by atoms with E-state index in [0.29, 0.717) is 6.42 Å². The molecule has 0 saturated heterocycles. The third kappa shape index (κ3) is 4.89. The lowest BCUT2D eigenvalue weighted by atomic mass is 9.99. The van der Waals surface area contributed by atoms with Crippen molar-refractivity contribution in [1.29, 1.82) is 0 Å². The molecule has 0 unspecified atom stereocenters. The maximum absolute atomic E-state index is 10.7. The molecule has 2 aromatic carbocycles. The summed E-state index contributed by atoms with van der Waals surface area (Å²) in [5.41, 5.74) is 3.32. The van der Waals surface area contributed by atoms with Crippen LogP contribution in [0.1, 0.15) is 25.7 Å². The average molecular weight is 448 g/mol. The van der Waals surface area contributed by atoms with Crippen molar-refractivity contribution >= 4 is 33.3 Å². The van der Waals surface area contributed by atoms with Gasteiger partial charge in [0, 0.05) is 23.4 Å². The minimum Gasteiger partial charge on any atom is -0.497 e. The molecule has 0 fully saturated rings. The molecule has 2 aromatic heterocycles. The number of methoxy groups -OCH3 is 1. The molecule has 7 heteroatoms. The minimum absolute atomic E-state index is 0.213. The second-order valence-corrected chi connectivity index (χ2v) is 8.43. The molecule has 0 saturated carbocycles. The van der Waals surface area contributed by atoms with E-state index in [4.69, 9.17) is 9.84 Å². The van der Waals surface area contributed by atoms with Crippen molar-refractivity contribution in [1.82, 2.24) is 9.97 Å². The fourth-order valence-corrected chi connectivity index (χ4v) is 4.85. The Balaban J connectivity index is 1.71. The Hall–Kier alpha value is -3.45. The molecular weight excluding hydrogens is 422 g/mol. The number of hydrogen-bond donors (Lipinski definition) is 2. The zero-order valence-electron chi connectivity index (χ0n) is 17.9. The second kappa shape index (κ2) is 10.2. The summed E-state index contributed by atoms with van der Waals surface area (Å²) in [5.74, 6) is 0.870. The summed E-state index contributed by atoms with van der Waals surface area (Å²) in [7, 11) is 1.66. The van der Waals surface area contributed by atoms with Crippen molar-refractivity contribution in [3.8, 4) is 27.3 Å². The van der Waals surface area contributed by atoms with Gasteiger partial charge in [0.25, 0.3) is 0 Å². The number of hydrogen-bond acceptors (Lipinski definition) is 6. The van der Waals surface area contributed by atoms with Crippen LogP contribution < -0.4 is 10.1 Å². The summed E-state index contributed by atoms with van der Waals surface area (Å²) >= 11 is 1.66. The molecular formula is C25H25N3O3S. The molecule has 0 spiro atoms. The van der Waals surface area contributed by atoms with E-state index in [1.807, 2.05) is 30.3 Å². The van der Waals surface area contributed by atoms with Crippen molar-refractivity contribution in [2.45, 2.75) is 25.7 Å². The van der Waals surface area contributed by atoms with Crippen LogP contribution in [-0.4, -0.2) is 34.7 Å². The van der Waals surface area contributed by atoms with E-state index in [1.54, 1.807) is 24.8 Å². The minimum atomic E-state index is -0.744. The maximum Gasteiger partial charge on any atom is 0.303 e. The zero-order valence-corrected chi connectivity index (χ0v) is 18.7. The Morgan fingerprint density at radius 1 is 1.00 bits per heavy atom. The van der Waals surface area contributed by atoms with Gasteiger partial charge >= 0.3 is 5.97 Å². The van der Waals surface area contributed by atoms with Gasteiger partial charge in [-0.1, -0.05) is 48.9 Å². The van der Waals surface area contributed by atoms with Crippen LogP contribution in [0.15, 0.2) is 60.9 Å². The molecule has 0 radical (unpaired) electrons. The van der Waals surface area contributed by atoms with E-state index in [2.05, 4.69) is 39.6 Å². The van der Waals surface area contributed by atoms with Crippen LogP contribution >= 0.6 is 11.3 Å². The Kier molecular flexibility index (Phi) is 6.97. The van der Waals surface area contributed by atoms with Crippen LogP contribution in [0, 0.1) is 0 Å². The van der Waals surface area contributed by atoms with Crippen LogP contribution in [0.5, 0.6) is 5.75 Å². The van der Waals surface area contributed by atoms with Crippen LogP contribution in [0.2, 0.25) is 0 Å². The Bertz CT molecular complexity index is 1190. The van der Waals surface area contributed by atoms with Crippen LogP contribution in [0.4, 0.5) is 5.82 Å². The molecule has 4 rings (SSSR count). The largest absolute Gasteiger partial charge is 0.497 e. The molecule has 2 N–H and O–H groups in total. The average Bonchev–Trinajstić information content (AvgIpc) is 3.22. The van der Waals surface area contributed by atoms with Gasteiger partial charge < -0.3 is 15.2 Å². The van der Waals surface area contributed by atoms with Gasteiger partial charge in [0.15, 0.2) is 0 Å². The number of aromatic nitrogens is 2. The van der Waals surface area contributed by atoms with Crippen molar-refractivity contribution in [2.24, 2.45) is 0 Å². The van der Waals surface area contributed by atoms with Gasteiger partial charge in [-0.2, -0.15) is 0 Å². The maximum atomic E-state index is 10.7. The molecule has 0 bridgehead atoms. The number of unbranched alkanes of at least 4 members (excludes halogenated alkanes) is 2. The molecule has 0 aliphatic carbocycles. The van der Waals surface area contributed by atoms with Crippen molar-refractivity contribution < 1.29 is 14.6 Å². The van der Waals surface area contributed by atoms with Gasteiger partial charge in [0.05, 0.1) is 12.5 Å². The van der Waals surface area contributed by atoms with E-state index < -0.39 is 5.97 Å². The molecule has 4 aromatic rings. The van der Waals surface area contributed by atoms with Gasteiger partial charge in [-0.15, -0.1) is 11.3 Å². The van der Waals surface area contributed by atoms with Gasteiger partial charge in [-0.25, -0.2) is 9.97 Å². The highest BCUT2D eigenvalue weighted by Gasteiger charge is 2.20. The lowest BCUT2D eigenvalue weighted by Gasteiger charge is -2.10. The first-order chi connectivity index (χ1) is 15.7. The lowest BCUT2D eigenvalue weighted by Crippen LogP contribution is -2.04. The number of ether oxygens (including phenoxy) is 1. The van der Waals surface area contributed by atoms with Crippen molar-refractivity contribution in [3.63, 3.8) is 0 Å². The third-order valence-corrected chi connectivity index (χ3v) is 6.41. The van der Waals surface area contributed by atoms with E-state index in [1.165, 1.54) is 0 Å². The normalized spacial score (nSPS) is 10.9. The first-order valence-corrected chi connectivity index (χ1v) is 11.4. The number of rotatable bonds is 10. The highest BCUT2D eigenvalue weighted by molar-refractivity contribution is 7.22. The Labute approximate surface area is 190 Å². The molecule has 0 atom stereocenters. The van der Waals surface area contributed by atoms with Crippen LogP contribution in [0.25, 0.3) is 31.8 Å². The third-order valence-electron chi connectivity index (χ3n) is 5.26. The standard InChI is InChI=1S/C25H25N3O3S/c1-31-19-13-11-17(12-14-19)21-22-24(26-15-7-3-6-10-20(29)30)27-16-28-25(22)32-23(21)18-8-4-2-5-9-18/h2,4-5,8-9,11-14,16H,3,6-7,10,15H2,1H3,(H,29,30)(H,26,27,28). The summed E-state index contributed by atoms with van der Waals surface area (Å²) < 4.78 is 5.34. The zero-order chi connectivity index (χ0) is 22.3. The van der Waals surface area contributed by atoms with Crippen LogP contribution in [-0.2, 0) is 4.79 Å². The number of thiophene rings is 1. The fraction of sp³-hybridized carbons (Fsp3) is 0.240. The second-order valence-electron chi connectivity index (χ2n) is 7.43. The number of anilines is 1. The summed E-state index contributed by atoms with van der Waals surface area (Å²) in [6.45, 7) is 0.726. The number of carbonyl (C=O) groups is 1. The first kappa shape index (κ1) is 21.8. The molecule has 6 nitrogen and oxygen atoms in total. The van der Waals surface area contributed by atoms with Crippen LogP contribution in [0.3, 0.4) is 0 Å². The molecule has 0 aliphatic heterocycles. The topological polar surface area (TPSA) is 84.3 Å². The van der Waals surface area contributed by atoms with E-state index >= 15 is 0 Å². The van der Waals surface area contributed by atoms with Gasteiger partial charge in [-0.3, -0.25) is 4.79 Å². The van der Waals surface area contributed by atoms with E-state index in [9.17, 15) is 4.79 Å². The number of benzene rings is 2. The summed E-state index contributed by atoms with van der Waals surface area (Å²) in [5, 5.41) is 13.3. The quantitative estimate of drug-likeness (QED) is 0.286. The SMILES string of the molecule is COc1ccc(-c2c(-c3ccccc3)sc3ncnc(NCCCCCC(=O)O)c23)cc1. The highest BCUT2D eigenvalue weighted by atomic mass is 32.1. The van der Waals surface area contributed by atoms with Crippen molar-refractivity contribution in [3.05, 3.63) is 60.9 Å². The van der Waals surface area contributed by atoms with Crippen molar-refractivity contribution in [2.75, 3.05) is 19.0 Å². The number of nitrogens with one attached hydrogen (secondary N) is 1. The Morgan fingerprint density at radius 2 is 1.78 bits per heavy atom. The summed E-state index contributed by atoms with van der Waals surface area (Å²) in [6, 6.07) is 18.4. The molecule has 0 aliphatic rings. The van der Waals surface area contributed by atoms with Gasteiger partial charge in [0.2, 0.25) is 0 Å². The first-order valence-electron chi connectivity index (χ1n) is 10.6. The smallest absolute Gasteiger partial charge is 0.303 e.